The molecule has 108 valence electrons. The largest absolute Gasteiger partial charge is 0.464 e. The van der Waals surface area contributed by atoms with Crippen molar-refractivity contribution in [1.82, 2.24) is 15.5 Å². The zero-order valence-corrected chi connectivity index (χ0v) is 11.9. The van der Waals surface area contributed by atoms with Crippen molar-refractivity contribution in [1.29, 1.82) is 0 Å². The Bertz CT molecular complexity index is 762. The van der Waals surface area contributed by atoms with E-state index in [1.54, 1.807) is 6.26 Å². The lowest BCUT2D eigenvalue weighted by molar-refractivity contribution is 0.239. The summed E-state index contributed by atoms with van der Waals surface area (Å²) in [6.07, 6.45) is 4.08. The Hall–Kier alpha value is -2.14. The highest BCUT2D eigenvalue weighted by Gasteiger charge is 2.28. The van der Waals surface area contributed by atoms with Crippen molar-refractivity contribution in [3.63, 3.8) is 0 Å². The fourth-order valence-electron chi connectivity index (χ4n) is 3.00. The fourth-order valence-corrected chi connectivity index (χ4v) is 3.00. The van der Waals surface area contributed by atoms with Crippen LogP contribution in [0, 0.1) is 5.92 Å². The predicted octanol–water partition coefficient (Wildman–Crippen LogP) is 3.54. The van der Waals surface area contributed by atoms with Gasteiger partial charge in [-0.05, 0) is 31.4 Å². The molecule has 0 radical (unpaired) electrons. The van der Waals surface area contributed by atoms with E-state index >= 15 is 0 Å². The molecule has 1 N–H and O–H groups in total. The first kappa shape index (κ1) is 12.6. The number of furan rings is 1. The summed E-state index contributed by atoms with van der Waals surface area (Å²) in [4.78, 5) is 4.58. The van der Waals surface area contributed by atoms with E-state index in [1.807, 2.05) is 24.3 Å². The number of fused-ring (bicyclic) bond motifs is 1. The summed E-state index contributed by atoms with van der Waals surface area (Å²) in [7, 11) is 0. The first-order chi connectivity index (χ1) is 10.3. The summed E-state index contributed by atoms with van der Waals surface area (Å²) in [5.41, 5.74) is 1.71. The molecule has 5 heteroatoms. The van der Waals surface area contributed by atoms with Gasteiger partial charge in [-0.2, -0.15) is 4.98 Å². The number of para-hydroxylation sites is 1. The molecule has 0 amide bonds. The number of benzene rings is 1. The van der Waals surface area contributed by atoms with Gasteiger partial charge < -0.3 is 14.3 Å². The van der Waals surface area contributed by atoms with Crippen LogP contribution in [0.3, 0.4) is 0 Å². The van der Waals surface area contributed by atoms with E-state index in [0.717, 1.165) is 23.1 Å². The molecular formula is C16H17N3O2. The van der Waals surface area contributed by atoms with Gasteiger partial charge in [-0.3, -0.25) is 0 Å². The first-order valence-electron chi connectivity index (χ1n) is 7.36. The summed E-state index contributed by atoms with van der Waals surface area (Å²) in [6, 6.07) is 8.02. The lowest BCUT2D eigenvalue weighted by Gasteiger charge is -2.26. The quantitative estimate of drug-likeness (QED) is 0.779. The van der Waals surface area contributed by atoms with Gasteiger partial charge in [-0.25, -0.2) is 0 Å². The van der Waals surface area contributed by atoms with Crippen molar-refractivity contribution in [2.24, 2.45) is 5.92 Å². The van der Waals surface area contributed by atoms with Crippen LogP contribution in [0.2, 0.25) is 0 Å². The Labute approximate surface area is 122 Å². The molecule has 2 atom stereocenters. The van der Waals surface area contributed by atoms with E-state index in [-0.39, 0.29) is 6.04 Å². The van der Waals surface area contributed by atoms with Crippen LogP contribution >= 0.6 is 0 Å². The highest BCUT2D eigenvalue weighted by molar-refractivity contribution is 5.91. The number of nitrogens with zero attached hydrogens (tertiary/aromatic N) is 2. The molecule has 0 spiro atoms. The van der Waals surface area contributed by atoms with Gasteiger partial charge in [0.05, 0.1) is 11.6 Å². The summed E-state index contributed by atoms with van der Waals surface area (Å²) >= 11 is 0. The second kappa shape index (κ2) is 5.00. The van der Waals surface area contributed by atoms with E-state index in [2.05, 4.69) is 22.4 Å². The Kier molecular flexibility index (Phi) is 3.00. The molecule has 0 saturated carbocycles. The van der Waals surface area contributed by atoms with Crippen LogP contribution in [-0.2, 0) is 0 Å². The number of rotatable bonds is 2. The average molecular weight is 283 g/mol. The van der Waals surface area contributed by atoms with Gasteiger partial charge in [0, 0.05) is 5.39 Å². The number of nitrogens with one attached hydrogen (secondary N) is 1. The molecule has 1 aliphatic rings. The third-order valence-electron chi connectivity index (χ3n) is 4.20. The van der Waals surface area contributed by atoms with Crippen LogP contribution in [0.15, 0.2) is 39.5 Å². The van der Waals surface area contributed by atoms with Gasteiger partial charge in [0.25, 0.3) is 0 Å². The molecule has 3 heterocycles. The SMILES string of the molecule is CC1CCCNC1c1nc(-c2coc3ccccc23)no1. The smallest absolute Gasteiger partial charge is 0.244 e. The molecule has 2 aromatic heterocycles. The van der Waals surface area contributed by atoms with Crippen LogP contribution in [0.4, 0.5) is 0 Å². The summed E-state index contributed by atoms with van der Waals surface area (Å²) in [5.74, 6) is 1.77. The van der Waals surface area contributed by atoms with E-state index < -0.39 is 0 Å². The molecule has 21 heavy (non-hydrogen) atoms. The Morgan fingerprint density at radius 2 is 2.19 bits per heavy atom. The van der Waals surface area contributed by atoms with Gasteiger partial charge in [0.15, 0.2) is 0 Å². The number of hydrogen-bond donors (Lipinski definition) is 1. The third-order valence-corrected chi connectivity index (χ3v) is 4.20. The third kappa shape index (κ3) is 2.14. The molecule has 5 nitrogen and oxygen atoms in total. The highest BCUT2D eigenvalue weighted by Crippen LogP contribution is 2.32. The minimum absolute atomic E-state index is 0.151. The average Bonchev–Trinajstić information content (AvgIpc) is 3.14. The van der Waals surface area contributed by atoms with E-state index in [9.17, 15) is 0 Å². The number of aromatic nitrogens is 2. The fraction of sp³-hybridized carbons (Fsp3) is 0.375. The van der Waals surface area contributed by atoms with E-state index in [4.69, 9.17) is 8.94 Å². The summed E-state index contributed by atoms with van der Waals surface area (Å²) < 4.78 is 11.0. The Morgan fingerprint density at radius 3 is 3.10 bits per heavy atom. The van der Waals surface area contributed by atoms with Gasteiger partial charge >= 0.3 is 0 Å². The number of hydrogen-bond acceptors (Lipinski definition) is 5. The second-order valence-electron chi connectivity index (χ2n) is 5.65. The minimum Gasteiger partial charge on any atom is -0.464 e. The van der Waals surface area contributed by atoms with Gasteiger partial charge in [-0.1, -0.05) is 30.3 Å². The molecular weight excluding hydrogens is 266 g/mol. The summed E-state index contributed by atoms with van der Waals surface area (Å²) in [5, 5.41) is 8.60. The van der Waals surface area contributed by atoms with Gasteiger partial charge in [0.1, 0.15) is 11.8 Å². The second-order valence-corrected chi connectivity index (χ2v) is 5.65. The molecule has 3 aromatic rings. The monoisotopic (exact) mass is 283 g/mol. The zero-order chi connectivity index (χ0) is 14.2. The van der Waals surface area contributed by atoms with Crippen LogP contribution in [0.25, 0.3) is 22.4 Å². The van der Waals surface area contributed by atoms with E-state index in [1.165, 1.54) is 12.8 Å². The van der Waals surface area contributed by atoms with Crippen molar-refractivity contribution in [2.75, 3.05) is 6.54 Å². The maximum absolute atomic E-state index is 5.54. The zero-order valence-electron chi connectivity index (χ0n) is 11.9. The number of piperidine rings is 1. The summed E-state index contributed by atoms with van der Waals surface area (Å²) in [6.45, 7) is 3.22. The van der Waals surface area contributed by atoms with Crippen molar-refractivity contribution in [2.45, 2.75) is 25.8 Å². The Morgan fingerprint density at radius 1 is 1.29 bits per heavy atom. The molecule has 0 aliphatic carbocycles. The molecule has 2 unspecified atom stereocenters. The molecule has 1 aromatic carbocycles. The highest BCUT2D eigenvalue weighted by atomic mass is 16.5. The Balaban J connectivity index is 1.71. The van der Waals surface area contributed by atoms with E-state index in [0.29, 0.717) is 17.6 Å². The van der Waals surface area contributed by atoms with Crippen molar-refractivity contribution >= 4 is 11.0 Å². The lowest BCUT2D eigenvalue weighted by atomic mass is 9.93. The van der Waals surface area contributed by atoms with Crippen molar-refractivity contribution in [3.8, 4) is 11.4 Å². The molecule has 1 fully saturated rings. The van der Waals surface area contributed by atoms with Crippen LogP contribution in [0.5, 0.6) is 0 Å². The maximum Gasteiger partial charge on any atom is 0.244 e. The molecule has 0 bridgehead atoms. The molecule has 1 aliphatic heterocycles. The lowest BCUT2D eigenvalue weighted by Crippen LogP contribution is -2.33. The first-order valence-corrected chi connectivity index (χ1v) is 7.36. The normalized spacial score (nSPS) is 22.7. The van der Waals surface area contributed by atoms with Gasteiger partial charge in [-0.15, -0.1) is 0 Å². The van der Waals surface area contributed by atoms with Gasteiger partial charge in [0.2, 0.25) is 11.7 Å². The predicted molar refractivity (Wildman–Crippen MR) is 78.6 cm³/mol. The topological polar surface area (TPSA) is 64.1 Å². The van der Waals surface area contributed by atoms with Crippen LogP contribution in [0.1, 0.15) is 31.7 Å². The molecule has 1 saturated heterocycles. The van der Waals surface area contributed by atoms with Crippen molar-refractivity contribution < 1.29 is 8.94 Å². The van der Waals surface area contributed by atoms with Crippen LogP contribution in [-0.4, -0.2) is 16.7 Å². The molecule has 4 rings (SSSR count). The standard InChI is InChI=1S/C16H17N3O2/c1-10-5-4-8-17-14(10)16-18-15(19-21-16)12-9-20-13-7-3-2-6-11(12)13/h2-3,6-7,9-10,14,17H,4-5,8H2,1H3. The van der Waals surface area contributed by atoms with Crippen LogP contribution < -0.4 is 5.32 Å². The minimum atomic E-state index is 0.151. The maximum atomic E-state index is 5.54. The van der Waals surface area contributed by atoms with Crippen molar-refractivity contribution in [3.05, 3.63) is 36.4 Å².